The van der Waals surface area contributed by atoms with Crippen LogP contribution in [0.5, 0.6) is 0 Å². The van der Waals surface area contributed by atoms with Crippen molar-refractivity contribution in [2.24, 2.45) is 0 Å². The van der Waals surface area contributed by atoms with E-state index in [1.165, 1.54) is 0 Å². The molecule has 0 fully saturated rings. The topological polar surface area (TPSA) is 173 Å². The summed E-state index contributed by atoms with van der Waals surface area (Å²) < 4.78 is 79.9. The van der Waals surface area contributed by atoms with Crippen LogP contribution in [0.25, 0.3) is 0 Å². The summed E-state index contributed by atoms with van der Waals surface area (Å²) in [4.78, 5) is 21.7. The van der Waals surface area contributed by atoms with Crippen LogP contribution in [-0.2, 0) is 80.6 Å². The summed E-state index contributed by atoms with van der Waals surface area (Å²) in [6.07, 6.45) is 2.22. The third kappa shape index (κ3) is 44.0. The van der Waals surface area contributed by atoms with E-state index in [4.69, 9.17) is 71.1 Å². The van der Waals surface area contributed by atoms with Gasteiger partial charge in [0.2, 0.25) is 0 Å². The highest BCUT2D eigenvalue weighted by atomic mass is 16.6. The Bertz CT molecular complexity index is 698. The average molecular weight is 743 g/mol. The summed E-state index contributed by atoms with van der Waals surface area (Å²) in [6, 6.07) is 0. The molecule has 0 N–H and O–H groups in total. The van der Waals surface area contributed by atoms with Gasteiger partial charge in [-0.15, -0.1) is 0 Å². The van der Waals surface area contributed by atoms with Crippen LogP contribution < -0.4 is 0 Å². The van der Waals surface area contributed by atoms with Crippen molar-refractivity contribution >= 4 is 11.9 Å². The van der Waals surface area contributed by atoms with Gasteiger partial charge in [0, 0.05) is 12.2 Å². The maximum absolute atomic E-state index is 10.8. The van der Waals surface area contributed by atoms with Gasteiger partial charge >= 0.3 is 11.9 Å². The molecule has 0 aliphatic rings. The molecule has 0 aromatic rings. The molecule has 0 heterocycles. The molecule has 51 heavy (non-hydrogen) atoms. The first-order valence-electron chi connectivity index (χ1n) is 17.3. The molecule has 0 spiro atoms. The van der Waals surface area contributed by atoms with Crippen molar-refractivity contribution in [2.45, 2.75) is 0 Å². The minimum atomic E-state index is -0.464. The Balaban J connectivity index is 3.07. The maximum atomic E-state index is 10.8. The molecular formula is C34H62O17. The fraction of sp³-hybridized carbons (Fsp3) is 0.824. The lowest BCUT2D eigenvalue weighted by Gasteiger charge is -2.09. The Labute approximate surface area is 302 Å². The summed E-state index contributed by atoms with van der Waals surface area (Å²) in [5.74, 6) is -0.928. The van der Waals surface area contributed by atoms with E-state index in [1.807, 2.05) is 0 Å². The highest BCUT2D eigenvalue weighted by Gasteiger charge is 1.99. The van der Waals surface area contributed by atoms with Crippen LogP contribution in [-0.4, -0.2) is 197 Å². The minimum absolute atomic E-state index is 0.192. The van der Waals surface area contributed by atoms with Crippen LogP contribution in [0.4, 0.5) is 0 Å². The molecular weight excluding hydrogens is 680 g/mol. The quantitative estimate of drug-likeness (QED) is 0.0484. The molecule has 0 aliphatic heterocycles. The SMILES string of the molecule is C=CC(=O)OCCOCCOCCOCCOCCOCCOCCOCCOCCOCCOCCOCCOCCOCCOC(=O)C=C. The monoisotopic (exact) mass is 742 g/mol. The molecule has 17 nitrogen and oxygen atoms in total. The van der Waals surface area contributed by atoms with E-state index in [0.717, 1.165) is 12.2 Å². The molecule has 0 atom stereocenters. The molecule has 0 radical (unpaired) electrons. The standard InChI is InChI=1S/C34H62O17/c1-3-33(35)50-31-29-48-27-25-46-23-21-44-19-17-42-15-13-40-11-9-38-7-5-37-6-8-39-10-12-41-14-16-43-18-20-45-22-24-47-26-28-49-30-32-51-34(36)4-2/h3-4H,1-2,5-32H2. The van der Waals surface area contributed by atoms with E-state index < -0.39 is 11.9 Å². The van der Waals surface area contributed by atoms with Crippen molar-refractivity contribution in [3.05, 3.63) is 25.3 Å². The molecule has 0 bridgehead atoms. The lowest BCUT2D eigenvalue weighted by Crippen LogP contribution is -2.16. The molecule has 0 amide bonds. The first kappa shape index (κ1) is 48.9. The van der Waals surface area contributed by atoms with Crippen molar-refractivity contribution in [1.29, 1.82) is 0 Å². The number of esters is 2. The number of carbonyl (C=O) groups is 2. The van der Waals surface area contributed by atoms with E-state index in [0.29, 0.717) is 172 Å². The van der Waals surface area contributed by atoms with Gasteiger partial charge in [0.15, 0.2) is 0 Å². The molecule has 0 rings (SSSR count). The van der Waals surface area contributed by atoms with Gasteiger partial charge in [0.1, 0.15) is 13.2 Å². The number of hydrogen-bond donors (Lipinski definition) is 0. The Morgan fingerprint density at radius 3 is 0.490 bits per heavy atom. The van der Waals surface area contributed by atoms with Crippen molar-refractivity contribution in [1.82, 2.24) is 0 Å². The molecule has 0 saturated heterocycles. The first-order chi connectivity index (χ1) is 25.2. The van der Waals surface area contributed by atoms with Crippen molar-refractivity contribution < 1.29 is 80.6 Å². The Morgan fingerprint density at radius 1 is 0.255 bits per heavy atom. The Kier molecular flexibility index (Phi) is 42.2. The van der Waals surface area contributed by atoms with Gasteiger partial charge in [-0.3, -0.25) is 0 Å². The smallest absolute Gasteiger partial charge is 0.330 e. The van der Waals surface area contributed by atoms with Gasteiger partial charge in [0.25, 0.3) is 0 Å². The van der Waals surface area contributed by atoms with Gasteiger partial charge < -0.3 is 71.1 Å². The summed E-state index contributed by atoms with van der Waals surface area (Å²) in [6.45, 7) is 18.9. The minimum Gasteiger partial charge on any atom is -0.460 e. The van der Waals surface area contributed by atoms with Crippen LogP contribution in [0.3, 0.4) is 0 Å². The zero-order valence-electron chi connectivity index (χ0n) is 30.3. The van der Waals surface area contributed by atoms with Crippen LogP contribution in [0.1, 0.15) is 0 Å². The van der Waals surface area contributed by atoms with E-state index >= 15 is 0 Å². The number of carbonyl (C=O) groups excluding carboxylic acids is 2. The zero-order valence-corrected chi connectivity index (χ0v) is 30.3. The molecule has 17 heteroatoms. The second-order valence-electron chi connectivity index (χ2n) is 9.70. The lowest BCUT2D eigenvalue weighted by atomic mass is 10.6. The number of hydrogen-bond acceptors (Lipinski definition) is 17. The summed E-state index contributed by atoms with van der Waals surface area (Å²) in [7, 11) is 0. The second kappa shape index (κ2) is 44.1. The highest BCUT2D eigenvalue weighted by Crippen LogP contribution is 1.89. The summed E-state index contributed by atoms with van der Waals surface area (Å²) in [5.41, 5.74) is 0. The number of rotatable bonds is 44. The largest absolute Gasteiger partial charge is 0.460 e. The van der Waals surface area contributed by atoms with Gasteiger partial charge in [-0.1, -0.05) is 13.2 Å². The molecule has 0 aromatic carbocycles. The second-order valence-corrected chi connectivity index (χ2v) is 9.70. The van der Waals surface area contributed by atoms with Gasteiger partial charge in [-0.05, 0) is 0 Å². The highest BCUT2D eigenvalue weighted by molar-refractivity contribution is 5.81. The fourth-order valence-electron chi connectivity index (χ4n) is 3.26. The van der Waals surface area contributed by atoms with E-state index in [1.54, 1.807) is 0 Å². The van der Waals surface area contributed by atoms with Crippen molar-refractivity contribution in [2.75, 3.05) is 185 Å². The van der Waals surface area contributed by atoms with Crippen molar-refractivity contribution in [3.63, 3.8) is 0 Å². The molecule has 0 aromatic heterocycles. The Hall–Kier alpha value is -2.10. The Morgan fingerprint density at radius 2 is 0.373 bits per heavy atom. The van der Waals surface area contributed by atoms with Gasteiger partial charge in [-0.25, -0.2) is 9.59 Å². The van der Waals surface area contributed by atoms with Crippen LogP contribution >= 0.6 is 0 Å². The van der Waals surface area contributed by atoms with Gasteiger partial charge in [-0.2, -0.15) is 0 Å². The third-order valence-corrected chi connectivity index (χ3v) is 5.74. The zero-order chi connectivity index (χ0) is 37.0. The predicted molar refractivity (Wildman–Crippen MR) is 183 cm³/mol. The molecule has 0 saturated carbocycles. The first-order valence-corrected chi connectivity index (χ1v) is 17.3. The summed E-state index contributed by atoms with van der Waals surface area (Å²) >= 11 is 0. The third-order valence-electron chi connectivity index (χ3n) is 5.74. The normalized spacial score (nSPS) is 11.1. The molecule has 0 unspecified atom stereocenters. The van der Waals surface area contributed by atoms with E-state index in [-0.39, 0.29) is 13.2 Å². The summed E-state index contributed by atoms with van der Waals surface area (Å²) in [5, 5.41) is 0. The van der Waals surface area contributed by atoms with Crippen molar-refractivity contribution in [3.8, 4) is 0 Å². The van der Waals surface area contributed by atoms with Crippen LogP contribution in [0, 0.1) is 0 Å². The molecule has 300 valence electrons. The lowest BCUT2D eigenvalue weighted by molar-refractivity contribution is -0.140. The van der Waals surface area contributed by atoms with Crippen LogP contribution in [0.15, 0.2) is 25.3 Å². The van der Waals surface area contributed by atoms with Gasteiger partial charge in [0.05, 0.1) is 172 Å². The number of ether oxygens (including phenoxy) is 15. The van der Waals surface area contributed by atoms with E-state index in [9.17, 15) is 9.59 Å². The van der Waals surface area contributed by atoms with E-state index in [2.05, 4.69) is 13.2 Å². The molecule has 0 aliphatic carbocycles. The maximum Gasteiger partial charge on any atom is 0.330 e. The predicted octanol–water partition coefficient (Wildman–Crippen LogP) is 0.661. The average Bonchev–Trinajstić information content (AvgIpc) is 3.14. The van der Waals surface area contributed by atoms with Crippen LogP contribution in [0.2, 0.25) is 0 Å². The fourth-order valence-corrected chi connectivity index (χ4v) is 3.26.